The second-order valence-electron chi connectivity index (χ2n) is 6.04. The van der Waals surface area contributed by atoms with Crippen molar-refractivity contribution in [1.29, 1.82) is 0 Å². The van der Waals surface area contributed by atoms with Crippen molar-refractivity contribution in [3.63, 3.8) is 0 Å². The number of aryl methyl sites for hydroxylation is 1. The summed E-state index contributed by atoms with van der Waals surface area (Å²) in [6.07, 6.45) is 0.244. The van der Waals surface area contributed by atoms with E-state index in [4.69, 9.17) is 25.5 Å². The quantitative estimate of drug-likeness (QED) is 0.682. The van der Waals surface area contributed by atoms with Gasteiger partial charge in [-0.05, 0) is 44.5 Å². The number of amides is 2. The predicted octanol–water partition coefficient (Wildman–Crippen LogP) is 2.94. The molecule has 9 heteroatoms. The second kappa shape index (κ2) is 9.27. The van der Waals surface area contributed by atoms with Gasteiger partial charge in [-0.1, -0.05) is 11.6 Å². The lowest BCUT2D eigenvalue weighted by molar-refractivity contribution is -0.154. The highest BCUT2D eigenvalue weighted by Crippen LogP contribution is 2.31. The van der Waals surface area contributed by atoms with Gasteiger partial charge >= 0.3 is 5.97 Å². The van der Waals surface area contributed by atoms with Gasteiger partial charge in [-0.15, -0.1) is 0 Å². The van der Waals surface area contributed by atoms with E-state index < -0.39 is 29.9 Å². The summed E-state index contributed by atoms with van der Waals surface area (Å²) in [5, 5.41) is 5.56. The first-order chi connectivity index (χ1) is 13.2. The summed E-state index contributed by atoms with van der Waals surface area (Å²) in [4.78, 5) is 36.4. The molecule has 2 rings (SSSR count). The van der Waals surface area contributed by atoms with E-state index in [9.17, 15) is 14.4 Å². The lowest BCUT2D eigenvalue weighted by Crippen LogP contribution is -2.42. The van der Waals surface area contributed by atoms with Gasteiger partial charge in [0.25, 0.3) is 11.8 Å². The van der Waals surface area contributed by atoms with Crippen LogP contribution < -0.4 is 15.4 Å². The maximum Gasteiger partial charge on any atom is 0.329 e. The third-order valence-electron chi connectivity index (χ3n) is 3.85. The molecule has 8 nitrogen and oxygen atoms in total. The van der Waals surface area contributed by atoms with Gasteiger partial charge in [-0.3, -0.25) is 9.59 Å². The van der Waals surface area contributed by atoms with Gasteiger partial charge < -0.3 is 24.5 Å². The van der Waals surface area contributed by atoms with Gasteiger partial charge in [0, 0.05) is 11.1 Å². The monoisotopic (exact) mass is 408 g/mol. The Morgan fingerprint density at radius 3 is 2.54 bits per heavy atom. The summed E-state index contributed by atoms with van der Waals surface area (Å²) in [6.45, 7) is 4.65. The van der Waals surface area contributed by atoms with Crippen molar-refractivity contribution >= 4 is 35.1 Å². The van der Waals surface area contributed by atoms with E-state index in [0.29, 0.717) is 16.5 Å². The Hall–Kier alpha value is -3.00. The highest BCUT2D eigenvalue weighted by Gasteiger charge is 2.25. The van der Waals surface area contributed by atoms with Crippen LogP contribution in [0.5, 0.6) is 5.75 Å². The fourth-order valence-electron chi connectivity index (χ4n) is 2.23. The number of esters is 1. The first kappa shape index (κ1) is 21.3. The molecule has 0 aliphatic heterocycles. The fraction of sp³-hybridized carbons (Fsp3) is 0.316. The molecular formula is C19H21ClN2O6. The van der Waals surface area contributed by atoms with Crippen LogP contribution in [0.1, 0.15) is 30.0 Å². The molecule has 2 aromatic rings. The van der Waals surface area contributed by atoms with Gasteiger partial charge in [0.2, 0.25) is 0 Å². The Morgan fingerprint density at radius 2 is 1.93 bits per heavy atom. The van der Waals surface area contributed by atoms with Gasteiger partial charge in [0.15, 0.2) is 11.9 Å². The van der Waals surface area contributed by atoms with E-state index in [1.807, 2.05) is 0 Å². The van der Waals surface area contributed by atoms with Crippen LogP contribution in [-0.2, 0) is 14.3 Å². The number of ether oxygens (including phenoxy) is 2. The van der Waals surface area contributed by atoms with E-state index in [1.54, 1.807) is 25.1 Å². The number of methoxy groups -OCH3 is 1. The molecule has 0 saturated carbocycles. The van der Waals surface area contributed by atoms with E-state index >= 15 is 0 Å². The van der Waals surface area contributed by atoms with Crippen molar-refractivity contribution in [2.24, 2.45) is 0 Å². The molecule has 1 aromatic heterocycles. The van der Waals surface area contributed by atoms with Gasteiger partial charge in [-0.2, -0.15) is 0 Å². The lowest BCUT2D eigenvalue weighted by atomic mass is 10.2. The Kier molecular flexibility index (Phi) is 7.06. The maximum atomic E-state index is 12.4. The van der Waals surface area contributed by atoms with Crippen LogP contribution in [0.15, 0.2) is 34.9 Å². The summed E-state index contributed by atoms with van der Waals surface area (Å²) >= 11 is 6.04. The number of rotatable bonds is 7. The maximum absolute atomic E-state index is 12.4. The molecule has 1 heterocycles. The minimum absolute atomic E-state index is 0.0654. The topological polar surface area (TPSA) is 107 Å². The average Bonchev–Trinajstić information content (AvgIpc) is 3.19. The van der Waals surface area contributed by atoms with Crippen molar-refractivity contribution < 1.29 is 28.3 Å². The number of anilines is 1. The van der Waals surface area contributed by atoms with Crippen LogP contribution in [0, 0.1) is 6.92 Å². The Labute approximate surface area is 167 Å². The zero-order valence-electron chi connectivity index (χ0n) is 15.9. The highest BCUT2D eigenvalue weighted by molar-refractivity contribution is 6.31. The second-order valence-corrected chi connectivity index (χ2v) is 6.45. The molecule has 0 saturated heterocycles. The van der Waals surface area contributed by atoms with Crippen molar-refractivity contribution in [3.8, 4) is 5.75 Å². The minimum atomic E-state index is -1.10. The third kappa shape index (κ3) is 5.26. The number of nitrogens with one attached hydrogen (secondary N) is 2. The van der Waals surface area contributed by atoms with Crippen molar-refractivity contribution in [2.75, 3.05) is 12.4 Å². The molecule has 0 fully saturated rings. The first-order valence-corrected chi connectivity index (χ1v) is 8.80. The Bertz CT molecular complexity index is 866. The molecule has 150 valence electrons. The summed E-state index contributed by atoms with van der Waals surface area (Å²) in [5.74, 6) is -1.44. The fourth-order valence-corrected chi connectivity index (χ4v) is 2.38. The molecular weight excluding hydrogens is 388 g/mol. The molecule has 0 aliphatic rings. The van der Waals surface area contributed by atoms with Gasteiger partial charge in [-0.25, -0.2) is 4.79 Å². The number of hydrogen-bond donors (Lipinski definition) is 2. The third-order valence-corrected chi connectivity index (χ3v) is 4.25. The average molecular weight is 409 g/mol. The Balaban J connectivity index is 1.95. The molecule has 28 heavy (non-hydrogen) atoms. The predicted molar refractivity (Wildman–Crippen MR) is 103 cm³/mol. The van der Waals surface area contributed by atoms with Crippen LogP contribution in [-0.4, -0.2) is 37.0 Å². The van der Waals surface area contributed by atoms with E-state index in [0.717, 1.165) is 5.56 Å². The number of carbonyl (C=O) groups excluding carboxylic acids is 3. The van der Waals surface area contributed by atoms with Crippen molar-refractivity contribution in [2.45, 2.75) is 32.9 Å². The zero-order chi connectivity index (χ0) is 20.8. The number of hydrogen-bond acceptors (Lipinski definition) is 6. The SMILES string of the molecule is COc1cc(Cl)c(C)cc1NC(=O)[C@H](C)OC(=O)[C@H](C)NC(=O)c1ccco1. The van der Waals surface area contributed by atoms with Crippen LogP contribution >= 0.6 is 11.6 Å². The van der Waals surface area contributed by atoms with Crippen LogP contribution in [0.2, 0.25) is 5.02 Å². The minimum Gasteiger partial charge on any atom is -0.495 e. The molecule has 2 atom stereocenters. The lowest BCUT2D eigenvalue weighted by Gasteiger charge is -2.18. The van der Waals surface area contributed by atoms with Crippen LogP contribution in [0.4, 0.5) is 5.69 Å². The van der Waals surface area contributed by atoms with E-state index in [-0.39, 0.29) is 5.76 Å². The smallest absolute Gasteiger partial charge is 0.329 e. The molecule has 0 aliphatic carbocycles. The number of benzene rings is 1. The highest BCUT2D eigenvalue weighted by atomic mass is 35.5. The van der Waals surface area contributed by atoms with Gasteiger partial charge in [0.1, 0.15) is 11.8 Å². The first-order valence-electron chi connectivity index (χ1n) is 8.42. The Morgan fingerprint density at radius 1 is 1.21 bits per heavy atom. The number of carbonyl (C=O) groups is 3. The summed E-state index contributed by atoms with van der Waals surface area (Å²) in [5.41, 5.74) is 1.15. The molecule has 0 unspecified atom stereocenters. The number of halogens is 1. The van der Waals surface area contributed by atoms with Crippen molar-refractivity contribution in [1.82, 2.24) is 5.32 Å². The molecule has 1 aromatic carbocycles. The van der Waals surface area contributed by atoms with Crippen LogP contribution in [0.3, 0.4) is 0 Å². The molecule has 2 amide bonds. The van der Waals surface area contributed by atoms with Crippen molar-refractivity contribution in [3.05, 3.63) is 46.9 Å². The molecule has 0 radical (unpaired) electrons. The standard InChI is InChI=1S/C19H21ClN2O6/c1-10-8-14(16(26-4)9-13(10)20)22-17(23)12(3)28-19(25)11(2)21-18(24)15-6-5-7-27-15/h5-9,11-12H,1-4H3,(H,21,24)(H,22,23)/t11-,12-/m0/s1. The van der Waals surface area contributed by atoms with E-state index in [2.05, 4.69) is 10.6 Å². The molecule has 0 spiro atoms. The summed E-state index contributed by atoms with van der Waals surface area (Å²) in [7, 11) is 1.45. The molecule has 2 N–H and O–H groups in total. The number of furan rings is 1. The molecule has 0 bridgehead atoms. The largest absolute Gasteiger partial charge is 0.495 e. The summed E-state index contributed by atoms with van der Waals surface area (Å²) < 4.78 is 15.3. The normalized spacial score (nSPS) is 12.6. The van der Waals surface area contributed by atoms with Gasteiger partial charge in [0.05, 0.1) is 19.1 Å². The zero-order valence-corrected chi connectivity index (χ0v) is 16.6. The van der Waals surface area contributed by atoms with Crippen LogP contribution in [0.25, 0.3) is 0 Å². The van der Waals surface area contributed by atoms with E-state index in [1.165, 1.54) is 33.3 Å². The summed E-state index contributed by atoms with van der Waals surface area (Å²) in [6, 6.07) is 5.28.